The summed E-state index contributed by atoms with van der Waals surface area (Å²) in [5.74, 6) is -0.948. The molecule has 9 nitrogen and oxygen atoms in total. The molecule has 0 radical (unpaired) electrons. The summed E-state index contributed by atoms with van der Waals surface area (Å²) in [5.41, 5.74) is 1.55. The summed E-state index contributed by atoms with van der Waals surface area (Å²) < 4.78 is 73.0. The number of carbonyl (C=O) groups excluding carboxylic acids is 1. The number of nitrogens with one attached hydrogen (secondary N) is 2. The van der Waals surface area contributed by atoms with Crippen molar-refractivity contribution in [2.75, 3.05) is 26.2 Å². The first kappa shape index (κ1) is 25.5. The number of ether oxygens (including phenoxy) is 2. The zero-order valence-corrected chi connectivity index (χ0v) is 18.8. The van der Waals surface area contributed by atoms with E-state index in [0.717, 1.165) is 25.1 Å². The molecule has 13 heteroatoms. The number of amides is 1. The van der Waals surface area contributed by atoms with Crippen LogP contribution in [0.5, 0.6) is 11.5 Å². The van der Waals surface area contributed by atoms with Gasteiger partial charge in [0.05, 0.1) is 0 Å². The van der Waals surface area contributed by atoms with E-state index in [9.17, 15) is 31.6 Å². The summed E-state index contributed by atoms with van der Waals surface area (Å²) in [6.45, 7) is 1.31. The van der Waals surface area contributed by atoms with Crippen molar-refractivity contribution in [2.45, 2.75) is 55.7 Å². The molecule has 2 fully saturated rings. The van der Waals surface area contributed by atoms with E-state index in [4.69, 9.17) is 4.74 Å². The van der Waals surface area contributed by atoms with E-state index in [1.165, 1.54) is 16.4 Å². The minimum absolute atomic E-state index is 0.0461. The number of halogens is 3. The van der Waals surface area contributed by atoms with E-state index >= 15 is 0 Å². The molecule has 1 unspecified atom stereocenters. The Labute approximate surface area is 190 Å². The van der Waals surface area contributed by atoms with E-state index in [1.807, 2.05) is 0 Å². The second-order valence-corrected chi connectivity index (χ2v) is 10.4. The summed E-state index contributed by atoms with van der Waals surface area (Å²) in [5, 5.41) is 12.4. The lowest BCUT2D eigenvalue weighted by Gasteiger charge is -2.39. The smallest absolute Gasteiger partial charge is 0.490 e. The molecule has 3 rings (SSSR count). The Bertz CT molecular complexity index is 895. The number of nitrogens with zero attached hydrogens (tertiary/aromatic N) is 1. The molecule has 0 aromatic heterocycles. The lowest BCUT2D eigenvalue weighted by molar-refractivity contribution is -0.274. The Balaban J connectivity index is 1.64. The predicted molar refractivity (Wildman–Crippen MR) is 111 cm³/mol. The van der Waals surface area contributed by atoms with Crippen LogP contribution in [-0.4, -0.2) is 67.2 Å². The number of piperidine rings is 1. The molecule has 2 aliphatic rings. The Morgan fingerprint density at radius 1 is 1.09 bits per heavy atom. The molecule has 0 bridgehead atoms. The van der Waals surface area contributed by atoms with Crippen LogP contribution in [0.25, 0.3) is 0 Å². The molecular formula is C20H28F3N3O6S. The van der Waals surface area contributed by atoms with E-state index in [0.29, 0.717) is 31.6 Å². The van der Waals surface area contributed by atoms with Gasteiger partial charge < -0.3 is 14.8 Å². The zero-order chi connectivity index (χ0) is 24.1. The van der Waals surface area contributed by atoms with Crippen molar-refractivity contribution in [3.63, 3.8) is 0 Å². The minimum atomic E-state index is -4.78. The maximum absolute atomic E-state index is 13.5. The van der Waals surface area contributed by atoms with Gasteiger partial charge in [-0.15, -0.1) is 13.2 Å². The summed E-state index contributed by atoms with van der Waals surface area (Å²) >= 11 is 0. The maximum atomic E-state index is 13.5. The highest BCUT2D eigenvalue weighted by atomic mass is 32.2. The van der Waals surface area contributed by atoms with Crippen LogP contribution in [0, 0.1) is 0 Å². The fourth-order valence-electron chi connectivity index (χ4n) is 4.25. The van der Waals surface area contributed by atoms with Crippen LogP contribution >= 0.6 is 0 Å². The third-order valence-electron chi connectivity index (χ3n) is 6.00. The first-order chi connectivity index (χ1) is 15.6. The van der Waals surface area contributed by atoms with Gasteiger partial charge in [0.25, 0.3) is 5.91 Å². The predicted octanol–water partition coefficient (Wildman–Crippen LogP) is 2.17. The first-order valence-electron chi connectivity index (χ1n) is 10.7. The van der Waals surface area contributed by atoms with Gasteiger partial charge in [-0.3, -0.25) is 10.0 Å². The van der Waals surface area contributed by atoms with Gasteiger partial charge in [-0.2, -0.15) is 0 Å². The molecule has 1 atom stereocenters. The van der Waals surface area contributed by atoms with E-state index < -0.39 is 27.0 Å². The van der Waals surface area contributed by atoms with E-state index in [-0.39, 0.29) is 37.8 Å². The second kappa shape index (κ2) is 10.5. The number of hydrogen-bond donors (Lipinski definition) is 3. The highest BCUT2D eigenvalue weighted by Crippen LogP contribution is 2.34. The van der Waals surface area contributed by atoms with Crippen molar-refractivity contribution in [3.05, 3.63) is 24.3 Å². The Hall–Kier alpha value is -2.09. The fourth-order valence-corrected chi connectivity index (χ4v) is 6.48. The Morgan fingerprint density at radius 2 is 1.73 bits per heavy atom. The minimum Gasteiger partial charge on any atom is -0.490 e. The average Bonchev–Trinajstić information content (AvgIpc) is 2.74. The third kappa shape index (κ3) is 6.08. The van der Waals surface area contributed by atoms with Gasteiger partial charge in [0, 0.05) is 13.1 Å². The molecule has 2 heterocycles. The second-order valence-electron chi connectivity index (χ2n) is 8.13. The summed E-state index contributed by atoms with van der Waals surface area (Å²) in [6.07, 6.45) is -3.03. The molecule has 33 heavy (non-hydrogen) atoms. The lowest BCUT2D eigenvalue weighted by Crippen LogP contribution is -2.60. The van der Waals surface area contributed by atoms with Gasteiger partial charge in [-0.05, 0) is 69.5 Å². The van der Waals surface area contributed by atoms with Gasteiger partial charge in [-0.1, -0.05) is 6.42 Å². The third-order valence-corrected chi connectivity index (χ3v) is 8.63. The van der Waals surface area contributed by atoms with Crippen molar-refractivity contribution in [2.24, 2.45) is 0 Å². The van der Waals surface area contributed by atoms with Gasteiger partial charge in [0.1, 0.15) is 17.6 Å². The van der Waals surface area contributed by atoms with Crippen LogP contribution in [0.4, 0.5) is 13.2 Å². The fraction of sp³-hybridized carbons (Fsp3) is 0.650. The Kier molecular flexibility index (Phi) is 8.08. The average molecular weight is 496 g/mol. The SMILES string of the molecule is O=C(NO)C1(S(=O)(=O)N2CCC(Oc3ccc(OC(F)(F)F)cc3)CC2)CCCCNCC1. The van der Waals surface area contributed by atoms with Crippen molar-refractivity contribution in [1.29, 1.82) is 0 Å². The highest BCUT2D eigenvalue weighted by Gasteiger charge is 2.53. The maximum Gasteiger partial charge on any atom is 0.573 e. The number of carbonyl (C=O) groups is 1. The van der Waals surface area contributed by atoms with Crippen LogP contribution < -0.4 is 20.3 Å². The number of rotatable bonds is 6. The largest absolute Gasteiger partial charge is 0.573 e. The van der Waals surface area contributed by atoms with Crippen molar-refractivity contribution in [1.82, 2.24) is 15.1 Å². The van der Waals surface area contributed by atoms with Gasteiger partial charge in [0.15, 0.2) is 4.75 Å². The molecule has 1 aromatic rings. The highest BCUT2D eigenvalue weighted by molar-refractivity contribution is 7.91. The summed E-state index contributed by atoms with van der Waals surface area (Å²) in [6, 6.07) is 4.99. The van der Waals surface area contributed by atoms with E-state index in [1.54, 1.807) is 5.48 Å². The number of benzene rings is 1. The van der Waals surface area contributed by atoms with Crippen LogP contribution in [0.1, 0.15) is 38.5 Å². The van der Waals surface area contributed by atoms with Crippen LogP contribution in [0.15, 0.2) is 24.3 Å². The zero-order valence-electron chi connectivity index (χ0n) is 17.9. The van der Waals surface area contributed by atoms with Crippen molar-refractivity contribution < 1.29 is 41.1 Å². The molecule has 1 amide bonds. The summed E-state index contributed by atoms with van der Waals surface area (Å²) in [4.78, 5) is 12.6. The number of alkyl halides is 3. The molecule has 2 aliphatic heterocycles. The molecule has 0 spiro atoms. The monoisotopic (exact) mass is 495 g/mol. The standard InChI is InChI=1S/C20H28F3N3O6S/c21-20(22,23)32-17-5-3-15(4-6-17)31-16-7-13-26(14-8-16)33(29,30)19(18(27)25-28)9-1-2-11-24-12-10-19/h3-6,16,24,28H,1-2,7-14H2,(H,25,27). The first-order valence-corrected chi connectivity index (χ1v) is 12.2. The number of hydrogen-bond acceptors (Lipinski definition) is 7. The van der Waals surface area contributed by atoms with Gasteiger partial charge >= 0.3 is 6.36 Å². The molecular weight excluding hydrogens is 467 g/mol. The molecule has 1 aromatic carbocycles. The number of sulfonamides is 1. The van der Waals surface area contributed by atoms with Crippen LogP contribution in [-0.2, 0) is 14.8 Å². The normalized spacial score (nSPS) is 23.9. The van der Waals surface area contributed by atoms with Crippen LogP contribution in [0.2, 0.25) is 0 Å². The molecule has 0 saturated carbocycles. The lowest BCUT2D eigenvalue weighted by atomic mass is 9.95. The van der Waals surface area contributed by atoms with Crippen molar-refractivity contribution >= 4 is 15.9 Å². The molecule has 0 aliphatic carbocycles. The molecule has 2 saturated heterocycles. The topological polar surface area (TPSA) is 117 Å². The summed E-state index contributed by atoms with van der Waals surface area (Å²) in [7, 11) is -4.07. The van der Waals surface area contributed by atoms with Gasteiger partial charge in [-0.25, -0.2) is 18.2 Å². The van der Waals surface area contributed by atoms with Crippen LogP contribution in [0.3, 0.4) is 0 Å². The van der Waals surface area contributed by atoms with Gasteiger partial charge in [0.2, 0.25) is 10.0 Å². The quantitative estimate of drug-likeness (QED) is 0.409. The Morgan fingerprint density at radius 3 is 2.33 bits per heavy atom. The number of hydroxylamine groups is 1. The molecule has 186 valence electrons. The van der Waals surface area contributed by atoms with Crippen molar-refractivity contribution in [3.8, 4) is 11.5 Å². The molecule has 3 N–H and O–H groups in total. The van der Waals surface area contributed by atoms with E-state index in [2.05, 4.69) is 10.1 Å².